The van der Waals surface area contributed by atoms with Crippen molar-refractivity contribution in [2.24, 2.45) is 5.92 Å². The minimum atomic E-state index is 0.0912. The summed E-state index contributed by atoms with van der Waals surface area (Å²) in [6.07, 6.45) is 3.26. The number of amides is 1. The monoisotopic (exact) mass is 394 g/mol. The molecule has 0 aliphatic carbocycles. The molecule has 5 heteroatoms. The molecular formula is C24H34N4O. The van der Waals surface area contributed by atoms with Gasteiger partial charge in [0.15, 0.2) is 0 Å². The molecule has 5 nitrogen and oxygen atoms in total. The van der Waals surface area contributed by atoms with Crippen LogP contribution in [-0.2, 0) is 11.3 Å². The fraction of sp³-hybridized carbons (Fsp3) is 0.583. The summed E-state index contributed by atoms with van der Waals surface area (Å²) in [5, 5.41) is 4.69. The van der Waals surface area contributed by atoms with Crippen LogP contribution < -0.4 is 0 Å². The number of benzene rings is 1. The van der Waals surface area contributed by atoms with Gasteiger partial charge < -0.3 is 4.90 Å². The van der Waals surface area contributed by atoms with Crippen LogP contribution in [0.3, 0.4) is 0 Å². The molecule has 2 aromatic rings. The molecule has 29 heavy (non-hydrogen) atoms. The van der Waals surface area contributed by atoms with Gasteiger partial charge in [-0.3, -0.25) is 14.4 Å². The maximum Gasteiger partial charge on any atom is 0.227 e. The number of nitrogens with zero attached hydrogens (tertiary/aromatic N) is 4. The Kier molecular flexibility index (Phi) is 5.52. The molecular weight excluding hydrogens is 360 g/mol. The molecule has 1 aromatic heterocycles. The van der Waals surface area contributed by atoms with Gasteiger partial charge in [0.05, 0.1) is 11.6 Å². The van der Waals surface area contributed by atoms with Gasteiger partial charge in [-0.05, 0) is 59.1 Å². The van der Waals surface area contributed by atoms with Crippen LogP contribution in [0.25, 0.3) is 0 Å². The first kappa shape index (κ1) is 20.1. The lowest BCUT2D eigenvalue weighted by Gasteiger charge is -2.26. The fourth-order valence-electron chi connectivity index (χ4n) is 5.46. The molecule has 2 fully saturated rings. The summed E-state index contributed by atoms with van der Waals surface area (Å²) in [6, 6.07) is 11.8. The van der Waals surface area contributed by atoms with Gasteiger partial charge in [-0.2, -0.15) is 5.10 Å². The van der Waals surface area contributed by atoms with Crippen LogP contribution in [-0.4, -0.2) is 45.1 Å². The molecule has 156 valence electrons. The van der Waals surface area contributed by atoms with Gasteiger partial charge >= 0.3 is 0 Å². The molecule has 0 radical (unpaired) electrons. The van der Waals surface area contributed by atoms with E-state index in [4.69, 9.17) is 5.10 Å². The van der Waals surface area contributed by atoms with Crippen molar-refractivity contribution in [3.63, 3.8) is 0 Å². The van der Waals surface area contributed by atoms with Crippen LogP contribution in [0.15, 0.2) is 30.3 Å². The summed E-state index contributed by atoms with van der Waals surface area (Å²) in [7, 11) is 1.96. The van der Waals surface area contributed by atoms with Gasteiger partial charge in [0.1, 0.15) is 0 Å². The largest absolute Gasteiger partial charge is 0.341 e. The van der Waals surface area contributed by atoms with Crippen LogP contribution in [0.5, 0.6) is 0 Å². The summed E-state index contributed by atoms with van der Waals surface area (Å²) >= 11 is 0. The van der Waals surface area contributed by atoms with Gasteiger partial charge in [-0.1, -0.05) is 30.3 Å². The van der Waals surface area contributed by atoms with Gasteiger partial charge in [0.25, 0.3) is 0 Å². The van der Waals surface area contributed by atoms with Gasteiger partial charge in [0, 0.05) is 43.0 Å². The van der Waals surface area contributed by atoms with Crippen molar-refractivity contribution < 1.29 is 4.79 Å². The lowest BCUT2D eigenvalue weighted by Crippen LogP contribution is -2.38. The van der Waals surface area contributed by atoms with Crippen LogP contribution in [0.1, 0.15) is 67.7 Å². The zero-order valence-corrected chi connectivity index (χ0v) is 18.4. The number of carbonyl (C=O) groups excluding carboxylic acids is 1. The molecule has 0 unspecified atom stereocenters. The minimum absolute atomic E-state index is 0.0912. The van der Waals surface area contributed by atoms with E-state index in [2.05, 4.69) is 67.6 Å². The van der Waals surface area contributed by atoms with E-state index in [9.17, 15) is 4.79 Å². The first-order valence-corrected chi connectivity index (χ1v) is 11.0. The van der Waals surface area contributed by atoms with Crippen LogP contribution in [0, 0.1) is 19.8 Å². The van der Waals surface area contributed by atoms with Gasteiger partial charge in [-0.25, -0.2) is 0 Å². The second kappa shape index (κ2) is 7.94. The predicted octanol–water partition coefficient (Wildman–Crippen LogP) is 4.26. The van der Waals surface area contributed by atoms with Crippen molar-refractivity contribution in [2.45, 2.75) is 71.6 Å². The number of aryl methyl sites for hydroxylation is 1. The predicted molar refractivity (Wildman–Crippen MR) is 116 cm³/mol. The number of hydrogen-bond acceptors (Lipinski definition) is 3. The van der Waals surface area contributed by atoms with Gasteiger partial charge in [-0.15, -0.1) is 0 Å². The molecule has 0 saturated carbocycles. The lowest BCUT2D eigenvalue weighted by molar-refractivity contribution is -0.135. The molecule has 2 aliphatic rings. The first-order chi connectivity index (χ1) is 13.9. The lowest BCUT2D eigenvalue weighted by atomic mass is 9.93. The minimum Gasteiger partial charge on any atom is -0.341 e. The molecule has 2 aliphatic heterocycles. The Labute approximate surface area is 174 Å². The second-order valence-corrected chi connectivity index (χ2v) is 9.10. The van der Waals surface area contributed by atoms with E-state index in [1.807, 2.05) is 11.9 Å². The van der Waals surface area contributed by atoms with Crippen LogP contribution in [0.4, 0.5) is 0 Å². The Hall–Kier alpha value is -2.14. The Morgan fingerprint density at radius 2 is 1.97 bits per heavy atom. The van der Waals surface area contributed by atoms with Crippen molar-refractivity contribution in [3.8, 4) is 0 Å². The van der Waals surface area contributed by atoms with Crippen LogP contribution in [0.2, 0.25) is 0 Å². The first-order valence-electron chi connectivity index (χ1n) is 11.0. The molecule has 0 bridgehead atoms. The van der Waals surface area contributed by atoms with E-state index in [0.29, 0.717) is 24.7 Å². The molecule has 1 amide bonds. The summed E-state index contributed by atoms with van der Waals surface area (Å²) < 4.78 is 2.07. The molecule has 2 saturated heterocycles. The fourth-order valence-corrected chi connectivity index (χ4v) is 5.46. The molecule has 0 spiro atoms. The third-order valence-electron chi connectivity index (χ3n) is 6.92. The Morgan fingerprint density at radius 3 is 2.62 bits per heavy atom. The van der Waals surface area contributed by atoms with E-state index < -0.39 is 0 Å². The SMILES string of the molecule is Cc1nn(C(C)C)c(C)c1CN(C)C(=O)[C@@H]1C[C@H](c2ccccc2)N2CCC[C@@H]12. The third kappa shape index (κ3) is 3.61. The number of hydrogen-bond donors (Lipinski definition) is 0. The molecule has 4 rings (SSSR count). The third-order valence-corrected chi connectivity index (χ3v) is 6.92. The average molecular weight is 395 g/mol. The van der Waals surface area contributed by atoms with E-state index in [-0.39, 0.29) is 11.8 Å². The molecule has 3 atom stereocenters. The van der Waals surface area contributed by atoms with Crippen LogP contribution >= 0.6 is 0 Å². The molecule has 3 heterocycles. The second-order valence-electron chi connectivity index (χ2n) is 9.10. The van der Waals surface area contributed by atoms with E-state index in [0.717, 1.165) is 25.1 Å². The highest BCUT2D eigenvalue weighted by atomic mass is 16.2. The van der Waals surface area contributed by atoms with E-state index >= 15 is 0 Å². The smallest absolute Gasteiger partial charge is 0.227 e. The molecule has 0 N–H and O–H groups in total. The van der Waals surface area contributed by atoms with E-state index in [1.54, 1.807) is 0 Å². The maximum atomic E-state index is 13.5. The number of carbonyl (C=O) groups is 1. The summed E-state index contributed by atoms with van der Waals surface area (Å²) in [5.74, 6) is 0.380. The molecule has 1 aromatic carbocycles. The number of aromatic nitrogens is 2. The highest BCUT2D eigenvalue weighted by Gasteiger charge is 2.47. The van der Waals surface area contributed by atoms with Crippen molar-refractivity contribution in [1.82, 2.24) is 19.6 Å². The summed E-state index contributed by atoms with van der Waals surface area (Å²) in [6.45, 7) is 10.2. The Balaban J connectivity index is 1.52. The quantitative estimate of drug-likeness (QED) is 0.761. The standard InChI is InChI=1S/C24H34N4O/c1-16(2)28-18(4)21(17(3)25-28)15-26(5)24(29)20-14-23(19-10-7-6-8-11-19)27-13-9-12-22(20)27/h6-8,10-11,16,20,22-23H,9,12-15H2,1-5H3/t20-,22+,23-/m1/s1. The normalized spacial score (nSPS) is 24.3. The zero-order chi connectivity index (χ0) is 20.7. The van der Waals surface area contributed by atoms with Crippen molar-refractivity contribution >= 4 is 5.91 Å². The number of fused-ring (bicyclic) bond motifs is 1. The topological polar surface area (TPSA) is 41.4 Å². The highest BCUT2D eigenvalue weighted by Crippen LogP contribution is 2.45. The summed E-state index contributed by atoms with van der Waals surface area (Å²) in [4.78, 5) is 18.0. The zero-order valence-electron chi connectivity index (χ0n) is 18.4. The van der Waals surface area contributed by atoms with Crippen molar-refractivity contribution in [2.75, 3.05) is 13.6 Å². The Bertz CT molecular complexity index is 873. The highest BCUT2D eigenvalue weighted by molar-refractivity contribution is 5.80. The van der Waals surface area contributed by atoms with Gasteiger partial charge in [0.2, 0.25) is 5.91 Å². The van der Waals surface area contributed by atoms with Crippen molar-refractivity contribution in [3.05, 3.63) is 52.8 Å². The maximum absolute atomic E-state index is 13.5. The Morgan fingerprint density at radius 1 is 1.24 bits per heavy atom. The summed E-state index contributed by atoms with van der Waals surface area (Å²) in [5.41, 5.74) is 4.75. The average Bonchev–Trinajstić information content (AvgIpc) is 3.38. The van der Waals surface area contributed by atoms with Crippen molar-refractivity contribution in [1.29, 1.82) is 0 Å². The van der Waals surface area contributed by atoms with E-state index in [1.165, 1.54) is 23.2 Å². The number of rotatable bonds is 5.